The molecule has 2 aromatic heterocycles. The van der Waals surface area contributed by atoms with Gasteiger partial charge in [-0.2, -0.15) is 0 Å². The minimum absolute atomic E-state index is 0.0747. The maximum absolute atomic E-state index is 12.1. The van der Waals surface area contributed by atoms with E-state index in [4.69, 9.17) is 0 Å². The molecule has 0 saturated carbocycles. The van der Waals surface area contributed by atoms with Crippen LogP contribution in [0, 0.1) is 0 Å². The average Bonchev–Trinajstić information content (AvgIpc) is 3.00. The number of rotatable bonds is 5. The molecule has 0 saturated heterocycles. The van der Waals surface area contributed by atoms with E-state index in [0.717, 1.165) is 29.3 Å². The first-order chi connectivity index (χ1) is 8.72. The van der Waals surface area contributed by atoms with Crippen LogP contribution in [0.4, 0.5) is 0 Å². The van der Waals surface area contributed by atoms with Gasteiger partial charge in [-0.15, -0.1) is 16.4 Å². The van der Waals surface area contributed by atoms with Crippen molar-refractivity contribution in [2.24, 2.45) is 0 Å². The van der Waals surface area contributed by atoms with Crippen LogP contribution in [0.15, 0.2) is 17.5 Å². The zero-order chi connectivity index (χ0) is 13.0. The topological polar surface area (TPSA) is 54.9 Å². The highest BCUT2D eigenvalue weighted by molar-refractivity contribution is 7.14. The fourth-order valence-electron chi connectivity index (χ4n) is 1.71. The summed E-state index contributed by atoms with van der Waals surface area (Å²) in [6.07, 6.45) is 2.03. The number of nitrogens with zero attached hydrogens (tertiary/aromatic N) is 2. The Morgan fingerprint density at radius 3 is 3.06 bits per heavy atom. The second-order valence-electron chi connectivity index (χ2n) is 4.09. The fourth-order valence-corrected chi connectivity index (χ4v) is 3.07. The fraction of sp³-hybridized carbons (Fsp3) is 0.417. The van der Waals surface area contributed by atoms with E-state index in [1.54, 1.807) is 11.3 Å². The van der Waals surface area contributed by atoms with Crippen LogP contribution in [-0.2, 0) is 0 Å². The molecule has 4 nitrogen and oxygen atoms in total. The van der Waals surface area contributed by atoms with Crippen LogP contribution < -0.4 is 5.32 Å². The summed E-state index contributed by atoms with van der Waals surface area (Å²) in [6, 6.07) is 4.08. The Balaban J connectivity index is 2.14. The first-order valence-electron chi connectivity index (χ1n) is 5.89. The molecule has 1 atom stereocenters. The molecule has 0 spiro atoms. The van der Waals surface area contributed by atoms with Gasteiger partial charge in [-0.3, -0.25) is 4.79 Å². The molecule has 18 heavy (non-hydrogen) atoms. The molecular weight excluding hydrogens is 266 g/mol. The zero-order valence-electron chi connectivity index (χ0n) is 10.3. The van der Waals surface area contributed by atoms with Crippen molar-refractivity contribution in [1.29, 1.82) is 0 Å². The van der Waals surface area contributed by atoms with Gasteiger partial charge in [0, 0.05) is 6.04 Å². The second kappa shape index (κ2) is 6.06. The first-order valence-corrected chi connectivity index (χ1v) is 7.54. The average molecular weight is 281 g/mol. The summed E-state index contributed by atoms with van der Waals surface area (Å²) < 4.78 is 3.89. The minimum Gasteiger partial charge on any atom is -0.349 e. The van der Waals surface area contributed by atoms with Crippen LogP contribution in [0.2, 0.25) is 0 Å². The van der Waals surface area contributed by atoms with Crippen molar-refractivity contribution in [3.63, 3.8) is 0 Å². The summed E-state index contributed by atoms with van der Waals surface area (Å²) in [5.41, 5.74) is 0.691. The number of aromatic nitrogens is 2. The van der Waals surface area contributed by atoms with E-state index in [2.05, 4.69) is 21.8 Å². The van der Waals surface area contributed by atoms with Gasteiger partial charge >= 0.3 is 0 Å². The van der Waals surface area contributed by atoms with E-state index >= 15 is 0 Å². The van der Waals surface area contributed by atoms with Crippen molar-refractivity contribution in [2.75, 3.05) is 0 Å². The number of carbonyl (C=O) groups is 1. The summed E-state index contributed by atoms with van der Waals surface area (Å²) in [7, 11) is 0. The molecule has 2 aromatic rings. The molecule has 0 aliphatic carbocycles. The molecular formula is C12H15N3OS2. The molecule has 2 rings (SSSR count). The number of hydrogen-bond acceptors (Lipinski definition) is 5. The maximum atomic E-state index is 12.1. The second-order valence-corrected chi connectivity index (χ2v) is 5.79. The maximum Gasteiger partial charge on any atom is 0.265 e. The standard InChI is InChI=1S/C12H15N3OS2/c1-3-5-8(2)13-12(16)11-10(14-15-18-11)9-6-4-7-17-9/h4,6-8H,3,5H2,1-2H3,(H,13,16). The van der Waals surface area contributed by atoms with Gasteiger partial charge in [-0.05, 0) is 36.3 Å². The van der Waals surface area contributed by atoms with E-state index in [0.29, 0.717) is 10.6 Å². The number of amides is 1. The van der Waals surface area contributed by atoms with Gasteiger partial charge in [0.1, 0.15) is 10.6 Å². The summed E-state index contributed by atoms with van der Waals surface area (Å²) in [5, 5.41) is 9.00. The van der Waals surface area contributed by atoms with Gasteiger partial charge < -0.3 is 5.32 Å². The van der Waals surface area contributed by atoms with Gasteiger partial charge in [-0.25, -0.2) is 0 Å². The normalized spacial score (nSPS) is 12.3. The summed E-state index contributed by atoms with van der Waals surface area (Å²) in [5.74, 6) is -0.0747. The molecule has 0 aromatic carbocycles. The van der Waals surface area contributed by atoms with Gasteiger partial charge in [0.05, 0.1) is 4.88 Å². The number of carbonyl (C=O) groups excluding carboxylic acids is 1. The SMILES string of the molecule is CCCC(C)NC(=O)c1snnc1-c1cccs1. The van der Waals surface area contributed by atoms with E-state index in [1.807, 2.05) is 24.4 Å². The number of thiophene rings is 1. The molecule has 0 fully saturated rings. The van der Waals surface area contributed by atoms with Crippen LogP contribution in [0.5, 0.6) is 0 Å². The lowest BCUT2D eigenvalue weighted by atomic mass is 10.2. The largest absolute Gasteiger partial charge is 0.349 e. The Hall–Kier alpha value is -1.27. The molecule has 6 heteroatoms. The van der Waals surface area contributed by atoms with E-state index in [1.165, 1.54) is 0 Å². The highest BCUT2D eigenvalue weighted by Crippen LogP contribution is 2.27. The Labute approximate surface area is 114 Å². The van der Waals surface area contributed by atoms with Crippen LogP contribution >= 0.6 is 22.9 Å². The predicted octanol–water partition coefficient (Wildman–Crippen LogP) is 3.19. The van der Waals surface area contributed by atoms with E-state index < -0.39 is 0 Å². The number of nitrogens with one attached hydrogen (secondary N) is 1. The Bertz CT molecular complexity index is 507. The van der Waals surface area contributed by atoms with Crippen LogP contribution in [-0.4, -0.2) is 21.5 Å². The molecule has 1 amide bonds. The highest BCUT2D eigenvalue weighted by Gasteiger charge is 2.19. The highest BCUT2D eigenvalue weighted by atomic mass is 32.1. The third-order valence-electron chi connectivity index (χ3n) is 2.55. The number of hydrogen-bond donors (Lipinski definition) is 1. The summed E-state index contributed by atoms with van der Waals surface area (Å²) in [6.45, 7) is 4.12. The van der Waals surface area contributed by atoms with Crippen LogP contribution in [0.1, 0.15) is 36.4 Å². The lowest BCUT2D eigenvalue weighted by Crippen LogP contribution is -2.32. The molecule has 0 aliphatic rings. The van der Waals surface area contributed by atoms with Crippen LogP contribution in [0.25, 0.3) is 10.6 Å². The molecule has 96 valence electrons. The van der Waals surface area contributed by atoms with Gasteiger partial charge in [0.15, 0.2) is 0 Å². The molecule has 0 aliphatic heterocycles. The van der Waals surface area contributed by atoms with E-state index in [-0.39, 0.29) is 11.9 Å². The Morgan fingerprint density at radius 2 is 2.39 bits per heavy atom. The lowest BCUT2D eigenvalue weighted by molar-refractivity contribution is 0.0943. The predicted molar refractivity (Wildman–Crippen MR) is 75.1 cm³/mol. The Morgan fingerprint density at radius 1 is 1.56 bits per heavy atom. The van der Waals surface area contributed by atoms with Crippen molar-refractivity contribution in [1.82, 2.24) is 14.9 Å². The van der Waals surface area contributed by atoms with Crippen LogP contribution in [0.3, 0.4) is 0 Å². The Kier molecular flexibility index (Phi) is 4.43. The molecule has 1 N–H and O–H groups in total. The van der Waals surface area contributed by atoms with E-state index in [9.17, 15) is 4.79 Å². The van der Waals surface area contributed by atoms with Gasteiger partial charge in [-0.1, -0.05) is 23.9 Å². The molecule has 0 bridgehead atoms. The molecule has 1 unspecified atom stereocenters. The minimum atomic E-state index is -0.0747. The van der Waals surface area contributed by atoms with Crippen molar-refractivity contribution in [3.8, 4) is 10.6 Å². The van der Waals surface area contributed by atoms with Crippen molar-refractivity contribution in [3.05, 3.63) is 22.4 Å². The molecule has 2 heterocycles. The summed E-state index contributed by atoms with van der Waals surface area (Å²) >= 11 is 2.72. The summed E-state index contributed by atoms with van der Waals surface area (Å²) in [4.78, 5) is 13.7. The smallest absolute Gasteiger partial charge is 0.265 e. The van der Waals surface area contributed by atoms with Gasteiger partial charge in [0.2, 0.25) is 0 Å². The molecule has 0 radical (unpaired) electrons. The third-order valence-corrected chi connectivity index (χ3v) is 4.15. The van der Waals surface area contributed by atoms with Gasteiger partial charge in [0.25, 0.3) is 5.91 Å². The van der Waals surface area contributed by atoms with Crippen molar-refractivity contribution < 1.29 is 4.79 Å². The van der Waals surface area contributed by atoms with Crippen molar-refractivity contribution >= 4 is 28.8 Å². The lowest BCUT2D eigenvalue weighted by Gasteiger charge is -2.11. The first kappa shape index (κ1) is 13.2. The van der Waals surface area contributed by atoms with Crippen molar-refractivity contribution in [2.45, 2.75) is 32.7 Å². The quantitative estimate of drug-likeness (QED) is 0.915. The monoisotopic (exact) mass is 281 g/mol. The third kappa shape index (κ3) is 2.94. The zero-order valence-corrected chi connectivity index (χ0v) is 12.0.